The summed E-state index contributed by atoms with van der Waals surface area (Å²) < 4.78 is 6.95. The van der Waals surface area contributed by atoms with E-state index in [1.165, 1.54) is 11.8 Å². The molecule has 0 bridgehead atoms. The van der Waals surface area contributed by atoms with Crippen LogP contribution in [-0.4, -0.2) is 58.2 Å². The van der Waals surface area contributed by atoms with E-state index >= 15 is 0 Å². The Bertz CT molecular complexity index is 958. The van der Waals surface area contributed by atoms with Gasteiger partial charge in [-0.3, -0.25) is 4.79 Å². The number of hydrogen-bond donors (Lipinski definition) is 1. The van der Waals surface area contributed by atoms with Crippen molar-refractivity contribution in [1.82, 2.24) is 20.2 Å². The maximum absolute atomic E-state index is 12.3. The minimum Gasteiger partial charge on any atom is -0.378 e. The van der Waals surface area contributed by atoms with Crippen molar-refractivity contribution in [2.24, 2.45) is 0 Å². The molecule has 1 aliphatic rings. The number of morpholine rings is 1. The number of carbonyl (C=O) groups is 1. The van der Waals surface area contributed by atoms with Crippen molar-refractivity contribution in [1.29, 1.82) is 0 Å². The van der Waals surface area contributed by atoms with E-state index in [0.717, 1.165) is 43.4 Å². The molecule has 8 nitrogen and oxygen atoms in total. The molecular formula is C19H19ClN6O2S. The quantitative estimate of drug-likeness (QED) is 0.602. The molecule has 1 saturated heterocycles. The average Bonchev–Trinajstić information content (AvgIpc) is 3.23. The number of nitrogens with zero attached hydrogens (tertiary/aromatic N) is 5. The number of carbonyl (C=O) groups excluding carboxylic acids is 1. The molecule has 0 aliphatic carbocycles. The van der Waals surface area contributed by atoms with E-state index in [9.17, 15) is 4.79 Å². The highest BCUT2D eigenvalue weighted by Crippen LogP contribution is 2.21. The van der Waals surface area contributed by atoms with Gasteiger partial charge in [0.25, 0.3) is 0 Å². The zero-order valence-corrected chi connectivity index (χ0v) is 17.1. The van der Waals surface area contributed by atoms with E-state index in [1.807, 2.05) is 36.4 Å². The average molecular weight is 431 g/mol. The van der Waals surface area contributed by atoms with Gasteiger partial charge < -0.3 is 15.0 Å². The van der Waals surface area contributed by atoms with Crippen LogP contribution in [-0.2, 0) is 9.53 Å². The molecule has 10 heteroatoms. The minimum atomic E-state index is -0.125. The zero-order chi connectivity index (χ0) is 20.1. The number of tetrazole rings is 1. The van der Waals surface area contributed by atoms with Crippen LogP contribution in [0.25, 0.3) is 5.69 Å². The third kappa shape index (κ3) is 5.06. The lowest BCUT2D eigenvalue weighted by atomic mass is 10.2. The normalized spacial score (nSPS) is 14.0. The van der Waals surface area contributed by atoms with E-state index < -0.39 is 0 Å². The van der Waals surface area contributed by atoms with Gasteiger partial charge in [-0.15, -0.1) is 5.10 Å². The Labute approximate surface area is 177 Å². The number of aromatic nitrogens is 4. The monoisotopic (exact) mass is 430 g/mol. The predicted octanol–water partition coefficient (Wildman–Crippen LogP) is 2.88. The fourth-order valence-electron chi connectivity index (χ4n) is 2.92. The lowest BCUT2D eigenvalue weighted by Gasteiger charge is -2.28. The molecule has 3 aromatic rings. The van der Waals surface area contributed by atoms with Crippen molar-refractivity contribution in [2.75, 3.05) is 42.3 Å². The number of nitrogens with one attached hydrogen (secondary N) is 1. The van der Waals surface area contributed by atoms with Crippen LogP contribution in [0.4, 0.5) is 11.4 Å². The number of rotatable bonds is 6. The Kier molecular flexibility index (Phi) is 6.28. The predicted molar refractivity (Wildman–Crippen MR) is 113 cm³/mol. The molecule has 4 rings (SSSR count). The summed E-state index contributed by atoms with van der Waals surface area (Å²) in [6.07, 6.45) is 0. The fraction of sp³-hybridized carbons (Fsp3) is 0.263. The Balaban J connectivity index is 1.33. The van der Waals surface area contributed by atoms with E-state index in [-0.39, 0.29) is 11.7 Å². The minimum absolute atomic E-state index is 0.125. The van der Waals surface area contributed by atoms with Crippen LogP contribution in [0.1, 0.15) is 0 Å². The van der Waals surface area contributed by atoms with Crippen molar-refractivity contribution in [3.8, 4) is 5.69 Å². The first-order chi connectivity index (χ1) is 14.2. The molecule has 1 aromatic heterocycles. The summed E-state index contributed by atoms with van der Waals surface area (Å²) in [7, 11) is 0. The first-order valence-electron chi connectivity index (χ1n) is 9.09. The second kappa shape index (κ2) is 9.25. The van der Waals surface area contributed by atoms with Crippen molar-refractivity contribution >= 4 is 40.6 Å². The molecule has 1 N–H and O–H groups in total. The van der Waals surface area contributed by atoms with Crippen molar-refractivity contribution in [2.45, 2.75) is 5.16 Å². The van der Waals surface area contributed by atoms with Gasteiger partial charge in [-0.2, -0.15) is 4.68 Å². The lowest BCUT2D eigenvalue weighted by Crippen LogP contribution is -2.36. The molecule has 0 saturated carbocycles. The molecule has 1 amide bonds. The van der Waals surface area contributed by atoms with Crippen molar-refractivity contribution in [3.05, 3.63) is 53.6 Å². The molecule has 0 spiro atoms. The molecule has 2 heterocycles. The van der Waals surface area contributed by atoms with Gasteiger partial charge in [0.1, 0.15) is 0 Å². The summed E-state index contributed by atoms with van der Waals surface area (Å²) in [5, 5.41) is 15.7. The molecule has 29 heavy (non-hydrogen) atoms. The second-order valence-corrected chi connectivity index (χ2v) is 7.71. The van der Waals surface area contributed by atoms with Gasteiger partial charge in [-0.1, -0.05) is 23.4 Å². The number of amides is 1. The van der Waals surface area contributed by atoms with E-state index in [1.54, 1.807) is 16.8 Å². The maximum Gasteiger partial charge on any atom is 0.234 e. The van der Waals surface area contributed by atoms with Crippen LogP contribution >= 0.6 is 23.4 Å². The summed E-state index contributed by atoms with van der Waals surface area (Å²) >= 11 is 7.18. The second-order valence-electron chi connectivity index (χ2n) is 6.33. The molecule has 150 valence electrons. The van der Waals surface area contributed by atoms with Gasteiger partial charge in [-0.25, -0.2) is 0 Å². The van der Waals surface area contributed by atoms with E-state index in [4.69, 9.17) is 16.3 Å². The first kappa shape index (κ1) is 19.7. The molecule has 0 unspecified atom stereocenters. The molecule has 0 radical (unpaired) electrons. The number of halogens is 1. The highest BCUT2D eigenvalue weighted by Gasteiger charge is 2.13. The van der Waals surface area contributed by atoms with E-state index in [2.05, 4.69) is 25.7 Å². The summed E-state index contributed by atoms with van der Waals surface area (Å²) in [5.74, 6) is 0.0684. The molecule has 1 aliphatic heterocycles. The number of thioether (sulfide) groups is 1. The van der Waals surface area contributed by atoms with Gasteiger partial charge in [0.05, 0.1) is 24.7 Å². The Morgan fingerprint density at radius 3 is 2.48 bits per heavy atom. The Morgan fingerprint density at radius 1 is 1.07 bits per heavy atom. The van der Waals surface area contributed by atoms with Gasteiger partial charge in [0.2, 0.25) is 11.1 Å². The van der Waals surface area contributed by atoms with Gasteiger partial charge in [0, 0.05) is 29.5 Å². The zero-order valence-electron chi connectivity index (χ0n) is 15.5. The van der Waals surface area contributed by atoms with Gasteiger partial charge in [0.15, 0.2) is 0 Å². The molecule has 1 fully saturated rings. The summed E-state index contributed by atoms with van der Waals surface area (Å²) in [6, 6.07) is 15.0. The van der Waals surface area contributed by atoms with E-state index in [0.29, 0.717) is 10.2 Å². The summed E-state index contributed by atoms with van der Waals surface area (Å²) in [4.78, 5) is 14.6. The van der Waals surface area contributed by atoms with Crippen LogP contribution < -0.4 is 10.2 Å². The molecule has 2 aromatic carbocycles. The van der Waals surface area contributed by atoms with Crippen LogP contribution in [0.5, 0.6) is 0 Å². The first-order valence-corrected chi connectivity index (χ1v) is 10.4. The number of ether oxygens (including phenoxy) is 1. The maximum atomic E-state index is 12.3. The smallest absolute Gasteiger partial charge is 0.234 e. The number of benzene rings is 2. The van der Waals surface area contributed by atoms with Crippen molar-refractivity contribution in [3.63, 3.8) is 0 Å². The largest absolute Gasteiger partial charge is 0.378 e. The van der Waals surface area contributed by atoms with Crippen molar-refractivity contribution < 1.29 is 9.53 Å². The van der Waals surface area contributed by atoms with Gasteiger partial charge in [-0.05, 0) is 59.0 Å². The van der Waals surface area contributed by atoms with Crippen LogP contribution in [0.15, 0.2) is 53.7 Å². The third-order valence-corrected chi connectivity index (χ3v) is 5.54. The highest BCUT2D eigenvalue weighted by molar-refractivity contribution is 7.99. The Morgan fingerprint density at radius 2 is 1.76 bits per heavy atom. The third-order valence-electron chi connectivity index (χ3n) is 4.37. The lowest BCUT2D eigenvalue weighted by molar-refractivity contribution is -0.113. The van der Waals surface area contributed by atoms with Crippen LogP contribution in [0.3, 0.4) is 0 Å². The highest BCUT2D eigenvalue weighted by atomic mass is 35.5. The fourth-order valence-corrected chi connectivity index (χ4v) is 3.73. The standard InChI is InChI=1S/C19H19ClN6O2S/c20-14-1-5-17(6-2-14)26-19(22-23-24-26)29-13-18(27)21-15-3-7-16(8-4-15)25-9-11-28-12-10-25/h1-8H,9-13H2,(H,21,27). The SMILES string of the molecule is O=C(CSc1nnnn1-c1ccc(Cl)cc1)Nc1ccc(N2CCOCC2)cc1. The molecular weight excluding hydrogens is 412 g/mol. The van der Waals surface area contributed by atoms with Gasteiger partial charge >= 0.3 is 0 Å². The summed E-state index contributed by atoms with van der Waals surface area (Å²) in [6.45, 7) is 3.24. The summed E-state index contributed by atoms with van der Waals surface area (Å²) in [5.41, 5.74) is 2.66. The number of hydrogen-bond acceptors (Lipinski definition) is 7. The van der Waals surface area contributed by atoms with Crippen LogP contribution in [0.2, 0.25) is 5.02 Å². The molecule has 0 atom stereocenters. The van der Waals surface area contributed by atoms with Crippen LogP contribution in [0, 0.1) is 0 Å². The topological polar surface area (TPSA) is 85.2 Å². The number of anilines is 2. The Hall–Kier alpha value is -2.62.